The minimum atomic E-state index is -0.0497. The Morgan fingerprint density at radius 3 is 0.787 bits per heavy atom. The maximum Gasteiger partial charge on any atom is 0.222 e. The standard InChI is InChI=1S/C32H60N8O10.C26H52N8O10/c1-30-28-39(36-34-30)8-14-46-20-26-49-24-18-44-12-6-38(5-11-43-17-23-48-22-16-42-10-4-32(41)33-3)7-13-45-19-25-50-27-21-47-15-9-40-29-31(2)35-37-40;1-29-26(35)2-8-36-14-20-42-23-17-39-11-5-34(6-12-40-18-24-43-21-15-37-9-3-30-32-27)7-13-41-19-25-44-22-16-38-10-4-31-33-28/h28-29H,4-27H2,1-3H3,(H,33,41);2-25H2,1H3,(H,29,35). The average molecular weight is 1350 g/mol. The number of aryl methyl sites for hydroxylation is 2. The van der Waals surface area contributed by atoms with Crippen molar-refractivity contribution in [1.82, 2.24) is 50.4 Å². The molecule has 2 amide bonds. The summed E-state index contributed by atoms with van der Waals surface area (Å²) in [5.41, 5.74) is 18.2. The summed E-state index contributed by atoms with van der Waals surface area (Å²) in [6.07, 6.45) is 4.45. The number of ether oxygens (including phenoxy) is 18. The molecule has 0 atom stereocenters. The predicted octanol–water partition coefficient (Wildman–Crippen LogP) is 0.969. The third-order valence-electron chi connectivity index (χ3n) is 12.3. The van der Waals surface area contributed by atoms with Crippen LogP contribution < -0.4 is 10.6 Å². The van der Waals surface area contributed by atoms with Crippen LogP contribution in [0, 0.1) is 13.8 Å². The van der Waals surface area contributed by atoms with E-state index in [1.54, 1.807) is 23.5 Å². The molecule has 2 rings (SSSR count). The fraction of sp³-hybridized carbons (Fsp3) is 0.897. The highest BCUT2D eigenvalue weighted by Gasteiger charge is 2.09. The predicted molar refractivity (Wildman–Crippen MR) is 343 cm³/mol. The summed E-state index contributed by atoms with van der Waals surface area (Å²) < 4.78 is 104. The van der Waals surface area contributed by atoms with E-state index in [4.69, 9.17) is 96.3 Å². The molecule has 0 unspecified atom stereocenters. The number of carbonyl (C=O) groups is 2. The zero-order valence-corrected chi connectivity index (χ0v) is 56.5. The topological polar surface area (TPSA) is 390 Å². The van der Waals surface area contributed by atoms with Crippen LogP contribution in [0.3, 0.4) is 0 Å². The van der Waals surface area contributed by atoms with Gasteiger partial charge in [-0.15, -0.1) is 10.2 Å². The third-order valence-corrected chi connectivity index (χ3v) is 12.3. The zero-order chi connectivity index (χ0) is 67.8. The lowest BCUT2D eigenvalue weighted by molar-refractivity contribution is -0.122. The van der Waals surface area contributed by atoms with Crippen molar-refractivity contribution in [3.8, 4) is 0 Å². The first-order valence-electron chi connectivity index (χ1n) is 32.3. The van der Waals surface area contributed by atoms with Gasteiger partial charge in [0.2, 0.25) is 11.8 Å². The fourth-order valence-electron chi connectivity index (χ4n) is 7.29. The Kier molecular flexibility index (Phi) is 65.6. The number of hydrogen-bond donors (Lipinski definition) is 2. The summed E-state index contributed by atoms with van der Waals surface area (Å²) in [5.74, 6) is -0.0897. The molecule has 0 saturated carbocycles. The summed E-state index contributed by atoms with van der Waals surface area (Å²) in [6, 6.07) is 0. The molecule has 0 spiro atoms. The van der Waals surface area contributed by atoms with E-state index in [0.29, 0.717) is 297 Å². The number of carbonyl (C=O) groups excluding carboxylic acids is 2. The summed E-state index contributed by atoms with van der Waals surface area (Å²) in [7, 11) is 3.20. The van der Waals surface area contributed by atoms with Gasteiger partial charge in [0.25, 0.3) is 0 Å². The van der Waals surface area contributed by atoms with Crippen molar-refractivity contribution in [2.24, 2.45) is 10.2 Å². The van der Waals surface area contributed by atoms with Gasteiger partial charge >= 0.3 is 0 Å². The van der Waals surface area contributed by atoms with E-state index >= 15 is 0 Å². The van der Waals surface area contributed by atoms with Crippen LogP contribution in [0.5, 0.6) is 0 Å². The summed E-state index contributed by atoms with van der Waals surface area (Å²) >= 11 is 0. The van der Waals surface area contributed by atoms with E-state index < -0.39 is 0 Å². The van der Waals surface area contributed by atoms with Crippen molar-refractivity contribution in [2.75, 3.05) is 304 Å². The lowest BCUT2D eigenvalue weighted by Crippen LogP contribution is -2.34. The fourth-order valence-corrected chi connectivity index (χ4v) is 7.29. The van der Waals surface area contributed by atoms with E-state index in [0.717, 1.165) is 31.0 Å². The van der Waals surface area contributed by atoms with Crippen LogP contribution in [0.1, 0.15) is 24.2 Å². The Labute approximate surface area is 554 Å². The van der Waals surface area contributed by atoms with Crippen LogP contribution in [0.15, 0.2) is 22.6 Å². The second kappa shape index (κ2) is 70.8. The minimum absolute atomic E-state index is 0.0401. The maximum atomic E-state index is 11.2. The lowest BCUT2D eigenvalue weighted by atomic mass is 10.4. The van der Waals surface area contributed by atoms with Gasteiger partial charge in [0.05, 0.1) is 262 Å². The molecule has 36 heteroatoms. The van der Waals surface area contributed by atoms with E-state index in [2.05, 4.69) is 61.1 Å². The Morgan fingerprint density at radius 1 is 0.362 bits per heavy atom. The van der Waals surface area contributed by atoms with E-state index in [9.17, 15) is 9.59 Å². The molecule has 0 fully saturated rings. The Bertz CT molecular complexity index is 1970. The molecule has 2 N–H and O–H groups in total. The number of nitrogens with one attached hydrogen (secondary N) is 2. The first kappa shape index (κ1) is 87.1. The second-order valence-corrected chi connectivity index (χ2v) is 19.7. The second-order valence-electron chi connectivity index (χ2n) is 19.7. The van der Waals surface area contributed by atoms with E-state index in [1.165, 1.54) is 0 Å². The summed E-state index contributed by atoms with van der Waals surface area (Å²) in [6.45, 7) is 27.4. The molecule has 0 aliphatic rings. The molecule has 0 aromatic carbocycles. The van der Waals surface area contributed by atoms with Crippen molar-refractivity contribution < 1.29 is 94.9 Å². The number of amides is 2. The minimum Gasteiger partial charge on any atom is -0.379 e. The SMILES string of the molecule is CNC(=O)CCOCCOCCOCCN(CCOCCOCCOCCN=[N+]=[N-])CCOCCOCCOCCN=[N+]=[N-].CNC(=O)CCOCCOCCOCCN(CCOCCOCCOCCn1cc(C)nn1)CCOCCOCCOCCn1cc(C)nn1. The molecule has 94 heavy (non-hydrogen) atoms. The van der Waals surface area contributed by atoms with Gasteiger partial charge in [0.15, 0.2) is 0 Å². The molecular weight excluding hydrogens is 1240 g/mol. The third kappa shape index (κ3) is 63.1. The van der Waals surface area contributed by atoms with Gasteiger partial charge in [-0.05, 0) is 24.9 Å². The van der Waals surface area contributed by atoms with Crippen LogP contribution in [0.4, 0.5) is 0 Å². The molecule has 0 radical (unpaired) electrons. The first-order valence-corrected chi connectivity index (χ1v) is 32.3. The van der Waals surface area contributed by atoms with Crippen LogP contribution in [0.2, 0.25) is 0 Å². The van der Waals surface area contributed by atoms with Gasteiger partial charge in [0.1, 0.15) is 0 Å². The highest BCUT2D eigenvalue weighted by Crippen LogP contribution is 1.98. The van der Waals surface area contributed by atoms with Gasteiger partial charge < -0.3 is 95.9 Å². The molecule has 0 aliphatic carbocycles. The summed E-state index contributed by atoms with van der Waals surface area (Å²) in [5, 5.41) is 27.8. The van der Waals surface area contributed by atoms with Crippen LogP contribution in [-0.2, 0) is 108 Å². The molecule has 2 aromatic rings. The molecule has 544 valence electrons. The monoisotopic (exact) mass is 1350 g/mol. The molecule has 0 bridgehead atoms. The van der Waals surface area contributed by atoms with E-state index in [-0.39, 0.29) is 11.8 Å². The van der Waals surface area contributed by atoms with Crippen molar-refractivity contribution in [3.63, 3.8) is 0 Å². The van der Waals surface area contributed by atoms with Crippen LogP contribution in [-0.4, -0.2) is 356 Å². The quantitative estimate of drug-likeness (QED) is 0.0403. The number of rotatable bonds is 72. The van der Waals surface area contributed by atoms with Gasteiger partial charge in [-0.25, -0.2) is 9.36 Å². The van der Waals surface area contributed by atoms with Crippen LogP contribution >= 0.6 is 0 Å². The van der Waals surface area contributed by atoms with Crippen molar-refractivity contribution in [1.29, 1.82) is 0 Å². The number of nitrogens with zero attached hydrogens (tertiary/aromatic N) is 14. The number of azide groups is 2. The molecule has 0 aliphatic heterocycles. The van der Waals surface area contributed by atoms with Crippen molar-refractivity contribution >= 4 is 11.8 Å². The molecule has 0 saturated heterocycles. The highest BCUT2D eigenvalue weighted by molar-refractivity contribution is 5.75. The molecule has 2 aromatic heterocycles. The van der Waals surface area contributed by atoms with Gasteiger partial charge in [0, 0.05) is 102 Å². The van der Waals surface area contributed by atoms with Gasteiger partial charge in [-0.1, -0.05) is 20.7 Å². The average Bonchev–Trinajstić information content (AvgIpc) is 4.22. The largest absolute Gasteiger partial charge is 0.379 e. The Balaban J connectivity index is 0.000000949. The van der Waals surface area contributed by atoms with Gasteiger partial charge in [-0.2, -0.15) is 0 Å². The van der Waals surface area contributed by atoms with Crippen LogP contribution in [0.25, 0.3) is 20.9 Å². The zero-order valence-electron chi connectivity index (χ0n) is 56.5. The molecule has 2 heterocycles. The van der Waals surface area contributed by atoms with E-state index in [1.807, 2.05) is 26.2 Å². The normalized spacial score (nSPS) is 11.3. The molecular formula is C58H112N16O20. The Hall–Kier alpha value is -4.96. The Morgan fingerprint density at radius 2 is 0.574 bits per heavy atom. The van der Waals surface area contributed by atoms with Crippen molar-refractivity contribution in [3.05, 3.63) is 44.7 Å². The lowest BCUT2D eigenvalue weighted by Gasteiger charge is -2.22. The highest BCUT2D eigenvalue weighted by atomic mass is 16.6. The molecule has 36 nitrogen and oxygen atoms in total. The number of hydrogen-bond acceptors (Lipinski definition) is 28. The van der Waals surface area contributed by atoms with Crippen molar-refractivity contribution in [2.45, 2.75) is 39.8 Å². The van der Waals surface area contributed by atoms with Gasteiger partial charge in [-0.3, -0.25) is 19.4 Å². The maximum absolute atomic E-state index is 11.2. The smallest absolute Gasteiger partial charge is 0.222 e. The number of aromatic nitrogens is 6. The summed E-state index contributed by atoms with van der Waals surface area (Å²) in [4.78, 5) is 32.1. The first-order chi connectivity index (χ1) is 46.3.